The topological polar surface area (TPSA) is 67.9 Å². The number of nitrogens with one attached hydrogen (secondary N) is 1. The van der Waals surface area contributed by atoms with E-state index < -0.39 is 0 Å². The van der Waals surface area contributed by atoms with Crippen molar-refractivity contribution in [1.82, 2.24) is 10.2 Å². The molecule has 31 heavy (non-hydrogen) atoms. The van der Waals surface area contributed by atoms with Gasteiger partial charge in [-0.15, -0.1) is 0 Å². The van der Waals surface area contributed by atoms with E-state index in [2.05, 4.69) is 12.2 Å². The van der Waals surface area contributed by atoms with Crippen LogP contribution in [0.2, 0.25) is 0 Å². The minimum Gasteiger partial charge on any atom is -0.454 e. The van der Waals surface area contributed by atoms with Crippen LogP contribution in [0.15, 0.2) is 54.6 Å². The maximum Gasteiger partial charge on any atom is 0.244 e. The lowest BCUT2D eigenvalue weighted by Gasteiger charge is -2.34. The minimum absolute atomic E-state index is 0.0785. The molecular weight excluding hydrogens is 392 g/mol. The highest BCUT2D eigenvalue weighted by molar-refractivity contribution is 5.92. The van der Waals surface area contributed by atoms with Crippen LogP contribution in [-0.4, -0.2) is 42.6 Å². The number of amides is 2. The molecule has 0 saturated carbocycles. The maximum atomic E-state index is 13.0. The average Bonchev–Trinajstić information content (AvgIpc) is 3.27. The molecule has 2 heterocycles. The van der Waals surface area contributed by atoms with Crippen LogP contribution in [-0.2, 0) is 9.59 Å². The number of piperidine rings is 1. The van der Waals surface area contributed by atoms with Crippen molar-refractivity contribution in [3.8, 4) is 11.5 Å². The first-order valence-electron chi connectivity index (χ1n) is 10.9. The summed E-state index contributed by atoms with van der Waals surface area (Å²) < 4.78 is 10.7. The average molecular weight is 421 g/mol. The summed E-state index contributed by atoms with van der Waals surface area (Å²) in [5.41, 5.74) is 1.95. The van der Waals surface area contributed by atoms with Gasteiger partial charge in [-0.1, -0.05) is 43.3 Å². The van der Waals surface area contributed by atoms with Gasteiger partial charge >= 0.3 is 0 Å². The number of carbonyl (C=O) groups excluding carboxylic acids is 2. The van der Waals surface area contributed by atoms with Gasteiger partial charge in [0.2, 0.25) is 18.6 Å². The first-order valence-corrected chi connectivity index (χ1v) is 10.9. The molecule has 1 N–H and O–H groups in total. The second-order valence-electron chi connectivity index (χ2n) is 7.93. The summed E-state index contributed by atoms with van der Waals surface area (Å²) in [5, 5.41) is 3.06. The molecule has 1 atom stereocenters. The molecule has 0 aromatic heterocycles. The molecule has 1 fully saturated rings. The van der Waals surface area contributed by atoms with Crippen LogP contribution < -0.4 is 14.8 Å². The molecule has 0 aliphatic carbocycles. The number of hydrogen-bond donors (Lipinski definition) is 1. The van der Waals surface area contributed by atoms with Gasteiger partial charge in [-0.25, -0.2) is 0 Å². The zero-order valence-electron chi connectivity index (χ0n) is 17.8. The van der Waals surface area contributed by atoms with Crippen molar-refractivity contribution in [3.63, 3.8) is 0 Å². The maximum absolute atomic E-state index is 13.0. The molecule has 2 aromatic rings. The fourth-order valence-electron chi connectivity index (χ4n) is 4.14. The van der Waals surface area contributed by atoms with Gasteiger partial charge in [0.25, 0.3) is 0 Å². The Bertz CT molecular complexity index is 949. The van der Waals surface area contributed by atoms with Crippen molar-refractivity contribution >= 4 is 17.9 Å². The molecule has 1 unspecified atom stereocenters. The van der Waals surface area contributed by atoms with Crippen molar-refractivity contribution < 1.29 is 19.1 Å². The summed E-state index contributed by atoms with van der Waals surface area (Å²) in [6.07, 6.45) is 5.62. The van der Waals surface area contributed by atoms with Crippen molar-refractivity contribution in [1.29, 1.82) is 0 Å². The van der Waals surface area contributed by atoms with Crippen molar-refractivity contribution in [3.05, 3.63) is 65.7 Å². The Morgan fingerprint density at radius 1 is 1.10 bits per heavy atom. The van der Waals surface area contributed by atoms with E-state index in [0.29, 0.717) is 18.8 Å². The van der Waals surface area contributed by atoms with Crippen LogP contribution >= 0.6 is 0 Å². The molecule has 1 saturated heterocycles. The summed E-state index contributed by atoms with van der Waals surface area (Å²) in [4.78, 5) is 27.3. The fourth-order valence-corrected chi connectivity index (χ4v) is 4.14. The van der Waals surface area contributed by atoms with Gasteiger partial charge in [0.15, 0.2) is 11.5 Å². The van der Waals surface area contributed by atoms with Crippen molar-refractivity contribution in [2.75, 3.05) is 19.9 Å². The summed E-state index contributed by atoms with van der Waals surface area (Å²) in [6, 6.07) is 15.6. The van der Waals surface area contributed by atoms with Crippen LogP contribution in [0.5, 0.6) is 11.5 Å². The fraction of sp³-hybridized carbons (Fsp3) is 0.360. The Kier molecular flexibility index (Phi) is 6.55. The summed E-state index contributed by atoms with van der Waals surface area (Å²) in [7, 11) is 0. The predicted molar refractivity (Wildman–Crippen MR) is 119 cm³/mol. The van der Waals surface area contributed by atoms with E-state index in [-0.39, 0.29) is 30.6 Å². The molecule has 2 aliphatic rings. The molecular formula is C25H28N2O4. The number of carbonyl (C=O) groups is 2. The van der Waals surface area contributed by atoms with E-state index in [4.69, 9.17) is 9.47 Å². The standard InChI is InChI=1S/C25H28N2O4/c1-2-21(19-6-4-3-5-7-19)25(29)27-14-12-20(13-15-27)26-24(28)11-9-18-8-10-22-23(16-18)31-17-30-22/h3-11,16,20-21H,2,12-15,17H2,1H3,(H,26,28). The van der Waals surface area contributed by atoms with Gasteiger partial charge in [0.1, 0.15) is 0 Å². The smallest absolute Gasteiger partial charge is 0.244 e. The lowest BCUT2D eigenvalue weighted by molar-refractivity contribution is -0.134. The van der Waals surface area contributed by atoms with E-state index in [1.54, 1.807) is 6.08 Å². The first kappa shape index (κ1) is 21.0. The van der Waals surface area contributed by atoms with Crippen LogP contribution in [0.3, 0.4) is 0 Å². The zero-order chi connectivity index (χ0) is 21.6. The summed E-state index contributed by atoms with van der Waals surface area (Å²) in [5.74, 6) is 1.37. The molecule has 6 nitrogen and oxygen atoms in total. The number of nitrogens with zero attached hydrogens (tertiary/aromatic N) is 1. The quantitative estimate of drug-likeness (QED) is 0.723. The third-order valence-electron chi connectivity index (χ3n) is 5.89. The SMILES string of the molecule is CCC(C(=O)N1CCC(NC(=O)C=Cc2ccc3c(c2)OCO3)CC1)c1ccccc1. The van der Waals surface area contributed by atoms with Crippen LogP contribution in [0.1, 0.15) is 43.2 Å². The van der Waals surface area contributed by atoms with Gasteiger partial charge < -0.3 is 19.7 Å². The molecule has 0 bridgehead atoms. The van der Waals surface area contributed by atoms with Crippen molar-refractivity contribution in [2.45, 2.75) is 38.1 Å². The van der Waals surface area contributed by atoms with Gasteiger partial charge in [-0.05, 0) is 48.6 Å². The molecule has 0 spiro atoms. The van der Waals surface area contributed by atoms with Gasteiger partial charge in [0.05, 0.1) is 5.92 Å². The molecule has 2 amide bonds. The van der Waals surface area contributed by atoms with Crippen LogP contribution in [0.25, 0.3) is 6.08 Å². The van der Waals surface area contributed by atoms with E-state index in [0.717, 1.165) is 36.1 Å². The monoisotopic (exact) mass is 420 g/mol. The van der Waals surface area contributed by atoms with Crippen LogP contribution in [0, 0.1) is 0 Å². The Hall–Kier alpha value is -3.28. The highest BCUT2D eigenvalue weighted by Gasteiger charge is 2.28. The molecule has 4 rings (SSSR count). The van der Waals surface area contributed by atoms with Gasteiger partial charge in [-0.2, -0.15) is 0 Å². The van der Waals surface area contributed by atoms with E-state index in [9.17, 15) is 9.59 Å². The number of ether oxygens (including phenoxy) is 2. The third kappa shape index (κ3) is 5.08. The molecule has 0 radical (unpaired) electrons. The third-order valence-corrected chi connectivity index (χ3v) is 5.89. The number of benzene rings is 2. The lowest BCUT2D eigenvalue weighted by atomic mass is 9.93. The molecule has 2 aliphatic heterocycles. The lowest BCUT2D eigenvalue weighted by Crippen LogP contribution is -2.47. The Labute approximate surface area is 182 Å². The van der Waals surface area contributed by atoms with Crippen molar-refractivity contribution in [2.24, 2.45) is 0 Å². The highest BCUT2D eigenvalue weighted by Crippen LogP contribution is 2.32. The number of likely N-dealkylation sites (tertiary alicyclic amines) is 1. The Morgan fingerprint density at radius 3 is 2.58 bits per heavy atom. The number of fused-ring (bicyclic) bond motifs is 1. The highest BCUT2D eigenvalue weighted by atomic mass is 16.7. The molecule has 6 heteroatoms. The largest absolute Gasteiger partial charge is 0.454 e. The molecule has 162 valence electrons. The summed E-state index contributed by atoms with van der Waals surface area (Å²) >= 11 is 0. The van der Waals surface area contributed by atoms with Gasteiger partial charge in [-0.3, -0.25) is 9.59 Å². The second kappa shape index (κ2) is 9.69. The van der Waals surface area contributed by atoms with Crippen LogP contribution in [0.4, 0.5) is 0 Å². The van der Waals surface area contributed by atoms with E-state index in [1.807, 2.05) is 53.4 Å². The van der Waals surface area contributed by atoms with E-state index in [1.165, 1.54) is 6.08 Å². The molecule has 2 aromatic carbocycles. The predicted octanol–water partition coefficient (Wildman–Crippen LogP) is 3.73. The Morgan fingerprint density at radius 2 is 1.84 bits per heavy atom. The summed E-state index contributed by atoms with van der Waals surface area (Å²) in [6.45, 7) is 3.61. The zero-order valence-corrected chi connectivity index (χ0v) is 17.8. The Balaban J connectivity index is 1.27. The number of rotatable bonds is 6. The number of hydrogen-bond acceptors (Lipinski definition) is 4. The van der Waals surface area contributed by atoms with Gasteiger partial charge in [0, 0.05) is 25.2 Å². The van der Waals surface area contributed by atoms with E-state index >= 15 is 0 Å². The minimum atomic E-state index is -0.127. The first-order chi connectivity index (χ1) is 15.1. The normalized spacial score (nSPS) is 17.0. The second-order valence-corrected chi connectivity index (χ2v) is 7.93.